The lowest BCUT2D eigenvalue weighted by Gasteiger charge is -2.32. The van der Waals surface area contributed by atoms with E-state index in [1.54, 1.807) is 0 Å². The molecule has 1 heterocycles. The predicted molar refractivity (Wildman–Crippen MR) is 107 cm³/mol. The summed E-state index contributed by atoms with van der Waals surface area (Å²) in [5.74, 6) is 0.594. The summed E-state index contributed by atoms with van der Waals surface area (Å²) in [5.41, 5.74) is 3.37. The first-order chi connectivity index (χ1) is 13.2. The molecule has 0 saturated carbocycles. The van der Waals surface area contributed by atoms with E-state index in [4.69, 9.17) is 9.47 Å². The molecular weight excluding hydrogens is 338 g/mol. The van der Waals surface area contributed by atoms with Crippen molar-refractivity contribution in [3.8, 4) is 5.75 Å². The fraction of sp³-hybridized carbons (Fsp3) is 0.261. The summed E-state index contributed by atoms with van der Waals surface area (Å²) in [6.07, 6.45) is 2.03. The van der Waals surface area contributed by atoms with E-state index >= 15 is 0 Å². The molecule has 0 radical (unpaired) electrons. The minimum Gasteiger partial charge on any atom is -0.487 e. The van der Waals surface area contributed by atoms with E-state index < -0.39 is 0 Å². The van der Waals surface area contributed by atoms with Crippen LogP contribution in [0.15, 0.2) is 60.7 Å². The van der Waals surface area contributed by atoms with Gasteiger partial charge in [0.05, 0.1) is 12.8 Å². The van der Waals surface area contributed by atoms with Crippen LogP contribution in [0, 0.1) is 0 Å². The van der Waals surface area contributed by atoms with Gasteiger partial charge in [-0.25, -0.2) is 0 Å². The lowest BCUT2D eigenvalue weighted by atomic mass is 10.0. The molecule has 4 heteroatoms. The number of anilines is 1. The van der Waals surface area contributed by atoms with Crippen LogP contribution in [-0.2, 0) is 22.6 Å². The van der Waals surface area contributed by atoms with E-state index in [0.717, 1.165) is 36.4 Å². The monoisotopic (exact) mass is 361 g/mol. The zero-order valence-electron chi connectivity index (χ0n) is 15.5. The molecular formula is C23H23NO3. The van der Waals surface area contributed by atoms with Gasteiger partial charge in [0.15, 0.2) is 0 Å². The highest BCUT2D eigenvalue weighted by Crippen LogP contribution is 2.36. The maximum Gasteiger partial charge on any atom is 0.325 e. The van der Waals surface area contributed by atoms with Crippen molar-refractivity contribution >= 4 is 22.4 Å². The summed E-state index contributed by atoms with van der Waals surface area (Å²) in [6, 6.07) is 20.8. The fourth-order valence-electron chi connectivity index (χ4n) is 3.69. The molecule has 1 aliphatic rings. The summed E-state index contributed by atoms with van der Waals surface area (Å²) < 4.78 is 11.0. The fourth-order valence-corrected chi connectivity index (χ4v) is 3.69. The molecule has 4 nitrogen and oxygen atoms in total. The van der Waals surface area contributed by atoms with Gasteiger partial charge in [-0.05, 0) is 46.9 Å². The van der Waals surface area contributed by atoms with Crippen LogP contribution < -0.4 is 9.64 Å². The summed E-state index contributed by atoms with van der Waals surface area (Å²) in [4.78, 5) is 13.9. The Morgan fingerprint density at radius 2 is 1.89 bits per heavy atom. The number of hydrogen-bond donors (Lipinski definition) is 0. The molecule has 0 fully saturated rings. The third-order valence-corrected chi connectivity index (χ3v) is 5.03. The quantitative estimate of drug-likeness (QED) is 0.634. The highest BCUT2D eigenvalue weighted by Gasteiger charge is 2.23. The van der Waals surface area contributed by atoms with Crippen LogP contribution in [-0.4, -0.2) is 26.2 Å². The smallest absolute Gasteiger partial charge is 0.325 e. The molecule has 0 aliphatic carbocycles. The van der Waals surface area contributed by atoms with Crippen LogP contribution in [0.5, 0.6) is 5.75 Å². The number of methoxy groups -OCH3 is 1. The van der Waals surface area contributed by atoms with E-state index in [1.165, 1.54) is 23.4 Å². The molecule has 0 atom stereocenters. The lowest BCUT2D eigenvalue weighted by Crippen LogP contribution is -2.35. The Labute approximate surface area is 159 Å². The van der Waals surface area contributed by atoms with Crippen molar-refractivity contribution in [3.05, 3.63) is 71.8 Å². The molecule has 0 amide bonds. The number of aryl methyl sites for hydroxylation is 1. The Kier molecular flexibility index (Phi) is 4.97. The van der Waals surface area contributed by atoms with Crippen molar-refractivity contribution in [1.82, 2.24) is 0 Å². The van der Waals surface area contributed by atoms with Crippen molar-refractivity contribution in [2.75, 3.05) is 25.1 Å². The van der Waals surface area contributed by atoms with Gasteiger partial charge in [0.2, 0.25) is 0 Å². The number of esters is 1. The minimum absolute atomic E-state index is 0.229. The number of carbonyl (C=O) groups is 1. The average Bonchev–Trinajstić information content (AvgIpc) is 2.72. The Morgan fingerprint density at radius 1 is 1.04 bits per heavy atom. The third kappa shape index (κ3) is 3.75. The average molecular weight is 361 g/mol. The zero-order chi connectivity index (χ0) is 18.6. The molecule has 0 bridgehead atoms. The highest BCUT2D eigenvalue weighted by molar-refractivity contribution is 5.83. The molecule has 138 valence electrons. The van der Waals surface area contributed by atoms with Gasteiger partial charge in [0.25, 0.3) is 0 Å². The van der Waals surface area contributed by atoms with Gasteiger partial charge in [-0.1, -0.05) is 48.5 Å². The molecule has 0 unspecified atom stereocenters. The van der Waals surface area contributed by atoms with Crippen molar-refractivity contribution < 1.29 is 14.3 Å². The van der Waals surface area contributed by atoms with Gasteiger partial charge >= 0.3 is 5.97 Å². The second kappa shape index (κ2) is 7.70. The first-order valence-electron chi connectivity index (χ1n) is 9.29. The molecule has 0 saturated heterocycles. The van der Waals surface area contributed by atoms with Gasteiger partial charge in [-0.15, -0.1) is 0 Å². The van der Waals surface area contributed by atoms with Gasteiger partial charge in [-0.3, -0.25) is 4.79 Å². The van der Waals surface area contributed by atoms with Crippen LogP contribution in [0.25, 0.3) is 10.8 Å². The molecule has 27 heavy (non-hydrogen) atoms. The van der Waals surface area contributed by atoms with Gasteiger partial charge < -0.3 is 14.4 Å². The maximum absolute atomic E-state index is 11.8. The van der Waals surface area contributed by atoms with Crippen LogP contribution in [0.4, 0.5) is 5.69 Å². The van der Waals surface area contributed by atoms with Gasteiger partial charge in [0, 0.05) is 6.54 Å². The second-order valence-corrected chi connectivity index (χ2v) is 6.84. The van der Waals surface area contributed by atoms with E-state index in [0.29, 0.717) is 6.61 Å². The number of ether oxygens (including phenoxy) is 2. The number of fused-ring (bicyclic) bond motifs is 2. The number of hydrogen-bond acceptors (Lipinski definition) is 4. The van der Waals surface area contributed by atoms with Crippen molar-refractivity contribution in [2.24, 2.45) is 0 Å². The Balaban J connectivity index is 1.57. The van der Waals surface area contributed by atoms with Crippen LogP contribution >= 0.6 is 0 Å². The number of benzene rings is 3. The normalized spacial score (nSPS) is 13.3. The first-order valence-corrected chi connectivity index (χ1v) is 9.29. The Hall–Kier alpha value is -3.01. The van der Waals surface area contributed by atoms with E-state index in [2.05, 4.69) is 41.3 Å². The highest BCUT2D eigenvalue weighted by atomic mass is 16.5. The SMILES string of the molecule is COC(=O)CN1CCCc2cccc(OCc3ccc4ccccc4c3)c21. The summed E-state index contributed by atoms with van der Waals surface area (Å²) in [5, 5.41) is 2.43. The molecule has 0 spiro atoms. The van der Waals surface area contributed by atoms with Gasteiger partial charge in [-0.2, -0.15) is 0 Å². The molecule has 3 aromatic carbocycles. The molecule has 4 rings (SSSR count). The molecule has 3 aromatic rings. The van der Waals surface area contributed by atoms with E-state index in [1.807, 2.05) is 24.3 Å². The lowest BCUT2D eigenvalue weighted by molar-refractivity contribution is -0.138. The largest absolute Gasteiger partial charge is 0.487 e. The van der Waals surface area contributed by atoms with Crippen molar-refractivity contribution in [1.29, 1.82) is 0 Å². The van der Waals surface area contributed by atoms with Crippen molar-refractivity contribution in [2.45, 2.75) is 19.4 Å². The standard InChI is InChI=1S/C23H23NO3/c1-26-22(25)15-24-13-5-9-19-8-4-10-21(23(19)24)27-16-17-11-12-18-6-2-3-7-20(18)14-17/h2-4,6-8,10-12,14H,5,9,13,15-16H2,1H3. The summed E-state index contributed by atoms with van der Waals surface area (Å²) >= 11 is 0. The number of nitrogens with zero attached hydrogens (tertiary/aromatic N) is 1. The minimum atomic E-state index is -0.229. The topological polar surface area (TPSA) is 38.8 Å². The third-order valence-electron chi connectivity index (χ3n) is 5.03. The molecule has 0 N–H and O–H groups in total. The van der Waals surface area contributed by atoms with Crippen LogP contribution in [0.3, 0.4) is 0 Å². The number of para-hydroxylation sites is 1. The Bertz CT molecular complexity index is 967. The molecule has 0 aromatic heterocycles. The Morgan fingerprint density at radius 3 is 2.74 bits per heavy atom. The van der Waals surface area contributed by atoms with Crippen LogP contribution in [0.1, 0.15) is 17.5 Å². The summed E-state index contributed by atoms with van der Waals surface area (Å²) in [7, 11) is 1.43. The second-order valence-electron chi connectivity index (χ2n) is 6.84. The maximum atomic E-state index is 11.8. The van der Waals surface area contributed by atoms with Crippen LogP contribution in [0.2, 0.25) is 0 Å². The first kappa shape index (κ1) is 17.4. The predicted octanol–water partition coefficient (Wildman–Crippen LogP) is 4.34. The van der Waals surface area contributed by atoms with Gasteiger partial charge in [0.1, 0.15) is 18.9 Å². The number of rotatable bonds is 5. The van der Waals surface area contributed by atoms with E-state index in [-0.39, 0.29) is 12.5 Å². The summed E-state index contributed by atoms with van der Waals surface area (Å²) in [6.45, 7) is 1.58. The van der Waals surface area contributed by atoms with Crippen molar-refractivity contribution in [3.63, 3.8) is 0 Å². The molecule has 1 aliphatic heterocycles. The number of carbonyl (C=O) groups excluding carboxylic acids is 1. The zero-order valence-corrected chi connectivity index (χ0v) is 15.5. The van der Waals surface area contributed by atoms with E-state index in [9.17, 15) is 4.79 Å².